The molecule has 1 fully saturated rings. The molecule has 1 aliphatic heterocycles. The quantitative estimate of drug-likeness (QED) is 0.771. The number of hydrogen-bond donors (Lipinski definition) is 0. The van der Waals surface area contributed by atoms with Crippen molar-refractivity contribution >= 4 is 11.8 Å². The number of ether oxygens (including phenoxy) is 1. The summed E-state index contributed by atoms with van der Waals surface area (Å²) >= 11 is 0. The number of carbonyl (C=O) groups excluding carboxylic acids is 2. The fourth-order valence-corrected chi connectivity index (χ4v) is 3.70. The fraction of sp³-hybridized carbons (Fsp3) is 0.440. The molecule has 1 aliphatic rings. The third-order valence-electron chi connectivity index (χ3n) is 5.65. The number of methoxy groups -OCH3 is 1. The summed E-state index contributed by atoms with van der Waals surface area (Å²) in [7, 11) is 1.63. The monoisotopic (exact) mass is 408 g/mol. The summed E-state index contributed by atoms with van der Waals surface area (Å²) in [4.78, 5) is 29.4. The molecule has 0 aromatic heterocycles. The van der Waals surface area contributed by atoms with E-state index < -0.39 is 0 Å². The van der Waals surface area contributed by atoms with E-state index in [4.69, 9.17) is 4.74 Å². The average Bonchev–Trinajstić information content (AvgIpc) is 2.99. The highest BCUT2D eigenvalue weighted by Gasteiger charge is 2.23. The second-order valence-electron chi connectivity index (χ2n) is 8.88. The standard InChI is InChI=1S/C25H32N2O3/c1-25(2,3)21-10-8-20(9-11-21)24(29)27-15-5-14-26(16-17-27)23(28)18-19-6-12-22(30-4)13-7-19/h6-13H,5,14-18H2,1-4H3. The summed E-state index contributed by atoms with van der Waals surface area (Å²) in [5.74, 6) is 0.926. The van der Waals surface area contributed by atoms with Gasteiger partial charge in [-0.3, -0.25) is 9.59 Å². The minimum Gasteiger partial charge on any atom is -0.497 e. The number of hydrogen-bond acceptors (Lipinski definition) is 3. The molecule has 0 spiro atoms. The summed E-state index contributed by atoms with van der Waals surface area (Å²) in [6, 6.07) is 15.5. The second-order valence-corrected chi connectivity index (χ2v) is 8.88. The third kappa shape index (κ3) is 5.41. The summed E-state index contributed by atoms with van der Waals surface area (Å²) in [6.07, 6.45) is 1.16. The van der Waals surface area contributed by atoms with Crippen molar-refractivity contribution in [2.24, 2.45) is 0 Å². The van der Waals surface area contributed by atoms with E-state index in [9.17, 15) is 9.59 Å². The molecule has 5 heteroatoms. The molecule has 3 rings (SSSR count). The smallest absolute Gasteiger partial charge is 0.253 e. The Morgan fingerprint density at radius 3 is 2.07 bits per heavy atom. The first-order valence-corrected chi connectivity index (χ1v) is 10.6. The molecule has 2 aromatic rings. The Kier molecular flexibility index (Phi) is 6.80. The Balaban J connectivity index is 1.58. The maximum absolute atomic E-state index is 13.0. The first kappa shape index (κ1) is 21.9. The van der Waals surface area contributed by atoms with Crippen molar-refractivity contribution in [3.63, 3.8) is 0 Å². The summed E-state index contributed by atoms with van der Waals surface area (Å²) < 4.78 is 5.17. The molecule has 5 nitrogen and oxygen atoms in total. The Bertz CT molecular complexity index is 867. The summed E-state index contributed by atoms with van der Waals surface area (Å²) in [5.41, 5.74) is 2.96. The Morgan fingerprint density at radius 1 is 0.867 bits per heavy atom. The van der Waals surface area contributed by atoms with E-state index in [2.05, 4.69) is 20.8 Å². The second kappa shape index (κ2) is 9.33. The lowest BCUT2D eigenvalue weighted by Gasteiger charge is -2.23. The van der Waals surface area contributed by atoms with Crippen LogP contribution in [0.25, 0.3) is 0 Å². The van der Waals surface area contributed by atoms with Crippen molar-refractivity contribution in [1.82, 2.24) is 9.80 Å². The third-order valence-corrected chi connectivity index (χ3v) is 5.65. The maximum atomic E-state index is 13.0. The van der Waals surface area contributed by atoms with Gasteiger partial charge in [0, 0.05) is 31.7 Å². The molecule has 160 valence electrons. The Morgan fingerprint density at radius 2 is 1.47 bits per heavy atom. The van der Waals surface area contributed by atoms with Gasteiger partial charge in [0.05, 0.1) is 13.5 Å². The molecule has 30 heavy (non-hydrogen) atoms. The van der Waals surface area contributed by atoms with Crippen LogP contribution in [-0.4, -0.2) is 54.9 Å². The van der Waals surface area contributed by atoms with Crippen molar-refractivity contribution in [2.75, 3.05) is 33.3 Å². The SMILES string of the molecule is COc1ccc(CC(=O)N2CCCN(C(=O)c3ccc(C(C)(C)C)cc3)CC2)cc1. The molecule has 0 aliphatic carbocycles. The molecular weight excluding hydrogens is 376 g/mol. The number of benzene rings is 2. The topological polar surface area (TPSA) is 49.9 Å². The van der Waals surface area contributed by atoms with E-state index in [1.54, 1.807) is 7.11 Å². The van der Waals surface area contributed by atoms with Crippen molar-refractivity contribution in [3.05, 3.63) is 65.2 Å². The molecular formula is C25H32N2O3. The van der Waals surface area contributed by atoms with Gasteiger partial charge >= 0.3 is 0 Å². The highest BCUT2D eigenvalue weighted by atomic mass is 16.5. The Labute approximate surface area is 179 Å². The number of carbonyl (C=O) groups is 2. The highest BCUT2D eigenvalue weighted by molar-refractivity contribution is 5.94. The molecule has 2 amide bonds. The van der Waals surface area contributed by atoms with E-state index in [0.717, 1.165) is 17.7 Å². The van der Waals surface area contributed by atoms with Crippen LogP contribution in [0.2, 0.25) is 0 Å². The van der Waals surface area contributed by atoms with Gasteiger partial charge < -0.3 is 14.5 Å². The Hall–Kier alpha value is -2.82. The molecule has 0 atom stereocenters. The van der Waals surface area contributed by atoms with Gasteiger partial charge in [-0.1, -0.05) is 45.0 Å². The molecule has 0 radical (unpaired) electrons. The van der Waals surface area contributed by atoms with Crippen LogP contribution in [0.4, 0.5) is 0 Å². The zero-order valence-electron chi connectivity index (χ0n) is 18.5. The lowest BCUT2D eigenvalue weighted by Crippen LogP contribution is -2.38. The van der Waals surface area contributed by atoms with Crippen LogP contribution in [0.3, 0.4) is 0 Å². The lowest BCUT2D eigenvalue weighted by molar-refractivity contribution is -0.130. The first-order valence-electron chi connectivity index (χ1n) is 10.6. The van der Waals surface area contributed by atoms with E-state index >= 15 is 0 Å². The van der Waals surface area contributed by atoms with Gasteiger partial charge in [0.1, 0.15) is 5.75 Å². The van der Waals surface area contributed by atoms with Gasteiger partial charge in [-0.15, -0.1) is 0 Å². The predicted octanol–water partition coefficient (Wildman–Crippen LogP) is 3.91. The molecule has 0 unspecified atom stereocenters. The van der Waals surface area contributed by atoms with E-state index in [0.29, 0.717) is 38.2 Å². The van der Waals surface area contributed by atoms with Crippen LogP contribution in [0.1, 0.15) is 48.7 Å². The van der Waals surface area contributed by atoms with E-state index in [1.807, 2.05) is 58.3 Å². The molecule has 1 heterocycles. The first-order chi connectivity index (χ1) is 14.3. The molecule has 1 saturated heterocycles. The van der Waals surface area contributed by atoms with Crippen LogP contribution < -0.4 is 4.74 Å². The van der Waals surface area contributed by atoms with Crippen LogP contribution in [0, 0.1) is 0 Å². The zero-order chi connectivity index (χ0) is 21.7. The predicted molar refractivity (Wildman–Crippen MR) is 119 cm³/mol. The van der Waals surface area contributed by atoms with E-state index in [-0.39, 0.29) is 17.2 Å². The lowest BCUT2D eigenvalue weighted by atomic mass is 9.86. The molecule has 0 N–H and O–H groups in total. The van der Waals surface area contributed by atoms with Gasteiger partial charge in [0.2, 0.25) is 5.91 Å². The molecule has 0 saturated carbocycles. The number of amides is 2. The molecule has 2 aromatic carbocycles. The van der Waals surface area contributed by atoms with Crippen LogP contribution in [0.5, 0.6) is 5.75 Å². The van der Waals surface area contributed by atoms with Gasteiger partial charge in [-0.05, 0) is 47.2 Å². The minimum absolute atomic E-state index is 0.0416. The fourth-order valence-electron chi connectivity index (χ4n) is 3.70. The maximum Gasteiger partial charge on any atom is 0.253 e. The largest absolute Gasteiger partial charge is 0.497 e. The minimum atomic E-state index is 0.0416. The van der Waals surface area contributed by atoms with Gasteiger partial charge in [-0.25, -0.2) is 0 Å². The van der Waals surface area contributed by atoms with Gasteiger partial charge in [0.25, 0.3) is 5.91 Å². The van der Waals surface area contributed by atoms with Gasteiger partial charge in [-0.2, -0.15) is 0 Å². The van der Waals surface area contributed by atoms with E-state index in [1.165, 1.54) is 5.56 Å². The normalized spacial score (nSPS) is 14.9. The van der Waals surface area contributed by atoms with Crippen molar-refractivity contribution in [1.29, 1.82) is 0 Å². The van der Waals surface area contributed by atoms with Crippen molar-refractivity contribution in [3.8, 4) is 5.75 Å². The van der Waals surface area contributed by atoms with Crippen LogP contribution >= 0.6 is 0 Å². The zero-order valence-corrected chi connectivity index (χ0v) is 18.5. The van der Waals surface area contributed by atoms with Gasteiger partial charge in [0.15, 0.2) is 0 Å². The van der Waals surface area contributed by atoms with Crippen molar-refractivity contribution in [2.45, 2.75) is 39.0 Å². The molecule has 0 bridgehead atoms. The average molecular weight is 409 g/mol. The highest BCUT2D eigenvalue weighted by Crippen LogP contribution is 2.23. The number of rotatable bonds is 4. The summed E-state index contributed by atoms with van der Waals surface area (Å²) in [5, 5.41) is 0. The summed E-state index contributed by atoms with van der Waals surface area (Å²) in [6.45, 7) is 8.98. The van der Waals surface area contributed by atoms with Crippen molar-refractivity contribution < 1.29 is 14.3 Å². The number of nitrogens with zero attached hydrogens (tertiary/aromatic N) is 2. The van der Waals surface area contributed by atoms with Crippen LogP contribution in [-0.2, 0) is 16.6 Å². The van der Waals surface area contributed by atoms with Crippen LogP contribution in [0.15, 0.2) is 48.5 Å².